The summed E-state index contributed by atoms with van der Waals surface area (Å²) in [5, 5.41) is 0. The van der Waals surface area contributed by atoms with Gasteiger partial charge in [-0.1, -0.05) is 0 Å². The molecule has 0 unspecified atom stereocenters. The number of nitrogens with zero attached hydrogens (tertiary/aromatic N) is 1. The number of benzene rings is 1. The quantitative estimate of drug-likeness (QED) is 0.498. The Hall–Kier alpha value is -1.38. The number of rotatable bonds is 1. The van der Waals surface area contributed by atoms with Crippen LogP contribution in [0.5, 0.6) is 0 Å². The number of halogens is 1. The average Bonchev–Trinajstić information content (AvgIpc) is 2.08. The number of amidine groups is 1. The zero-order valence-corrected chi connectivity index (χ0v) is 7.13. The lowest BCUT2D eigenvalue weighted by atomic mass is 10.1. The second-order valence-electron chi connectivity index (χ2n) is 2.57. The molecule has 2 nitrogen and oxygen atoms in total. The molecule has 0 saturated carbocycles. The third kappa shape index (κ3) is 1.61. The minimum Gasteiger partial charge on any atom is -0.384 e. The summed E-state index contributed by atoms with van der Waals surface area (Å²) >= 11 is 0. The fourth-order valence-corrected chi connectivity index (χ4v) is 0.933. The van der Waals surface area contributed by atoms with Crippen LogP contribution in [0.4, 0.5) is 4.39 Å². The minimum absolute atomic E-state index is 0.220. The molecule has 3 heteroatoms. The maximum Gasteiger partial charge on any atom is 0.126 e. The second kappa shape index (κ2) is 3.34. The number of nitrogens with two attached hydrogens (primary N) is 1. The van der Waals surface area contributed by atoms with Crippen molar-refractivity contribution in [3.8, 4) is 0 Å². The lowest BCUT2D eigenvalue weighted by molar-refractivity contribution is 0.618. The molecule has 0 amide bonds. The average molecular weight is 166 g/mol. The van der Waals surface area contributed by atoms with Gasteiger partial charge in [-0.2, -0.15) is 0 Å². The fourth-order valence-electron chi connectivity index (χ4n) is 0.933. The molecule has 0 radical (unpaired) electrons. The molecule has 1 aromatic carbocycles. The van der Waals surface area contributed by atoms with Gasteiger partial charge in [0.05, 0.1) is 0 Å². The predicted molar refractivity (Wildman–Crippen MR) is 47.8 cm³/mol. The van der Waals surface area contributed by atoms with Crippen LogP contribution in [0.25, 0.3) is 0 Å². The topological polar surface area (TPSA) is 38.4 Å². The molecule has 0 saturated heterocycles. The van der Waals surface area contributed by atoms with E-state index in [-0.39, 0.29) is 5.82 Å². The van der Waals surface area contributed by atoms with Gasteiger partial charge >= 0.3 is 0 Å². The van der Waals surface area contributed by atoms with Crippen LogP contribution in [0.3, 0.4) is 0 Å². The van der Waals surface area contributed by atoms with Gasteiger partial charge in [-0.25, -0.2) is 4.39 Å². The van der Waals surface area contributed by atoms with Crippen LogP contribution < -0.4 is 5.73 Å². The smallest absolute Gasteiger partial charge is 0.126 e. The molecule has 0 aliphatic heterocycles. The standard InChI is InChI=1S/C9H11FN2/c1-6-5-7(9(11)12-2)3-4-8(6)10/h3-5H,1-2H3,(H2,11,12). The first kappa shape index (κ1) is 8.71. The van der Waals surface area contributed by atoms with E-state index in [1.807, 2.05) is 0 Å². The second-order valence-corrected chi connectivity index (χ2v) is 2.57. The summed E-state index contributed by atoms with van der Waals surface area (Å²) in [6, 6.07) is 4.69. The van der Waals surface area contributed by atoms with Gasteiger partial charge in [0, 0.05) is 12.6 Å². The highest BCUT2D eigenvalue weighted by atomic mass is 19.1. The SMILES string of the molecule is CN=C(N)c1ccc(F)c(C)c1. The molecule has 0 atom stereocenters. The van der Waals surface area contributed by atoms with E-state index in [0.717, 1.165) is 5.56 Å². The number of aliphatic imine (C=N–C) groups is 1. The Kier molecular flexibility index (Phi) is 2.43. The van der Waals surface area contributed by atoms with Crippen molar-refractivity contribution in [2.45, 2.75) is 6.92 Å². The van der Waals surface area contributed by atoms with E-state index in [9.17, 15) is 4.39 Å². The molecule has 0 fully saturated rings. The van der Waals surface area contributed by atoms with Crippen molar-refractivity contribution >= 4 is 5.84 Å². The van der Waals surface area contributed by atoms with Crippen molar-refractivity contribution in [3.05, 3.63) is 35.1 Å². The van der Waals surface area contributed by atoms with Gasteiger partial charge in [0.15, 0.2) is 0 Å². The third-order valence-corrected chi connectivity index (χ3v) is 1.69. The molecule has 0 bridgehead atoms. The van der Waals surface area contributed by atoms with Gasteiger partial charge in [-0.15, -0.1) is 0 Å². The van der Waals surface area contributed by atoms with Crippen molar-refractivity contribution in [1.29, 1.82) is 0 Å². The molecule has 0 aliphatic carbocycles. The maximum atomic E-state index is 12.8. The summed E-state index contributed by atoms with van der Waals surface area (Å²) in [4.78, 5) is 3.80. The van der Waals surface area contributed by atoms with Crippen molar-refractivity contribution < 1.29 is 4.39 Å². The maximum absolute atomic E-state index is 12.8. The zero-order chi connectivity index (χ0) is 9.14. The van der Waals surface area contributed by atoms with E-state index in [1.54, 1.807) is 26.1 Å². The van der Waals surface area contributed by atoms with E-state index in [1.165, 1.54) is 6.07 Å². The Morgan fingerprint density at radius 3 is 2.67 bits per heavy atom. The largest absolute Gasteiger partial charge is 0.384 e. The first-order valence-electron chi connectivity index (χ1n) is 3.64. The monoisotopic (exact) mass is 166 g/mol. The number of hydrogen-bond acceptors (Lipinski definition) is 1. The Bertz CT molecular complexity index is 318. The van der Waals surface area contributed by atoms with E-state index in [4.69, 9.17) is 5.73 Å². The summed E-state index contributed by atoms with van der Waals surface area (Å²) in [5.41, 5.74) is 6.88. The van der Waals surface area contributed by atoms with Crippen molar-refractivity contribution in [1.82, 2.24) is 0 Å². The van der Waals surface area contributed by atoms with Crippen LogP contribution in [0.15, 0.2) is 23.2 Å². The summed E-state index contributed by atoms with van der Waals surface area (Å²) in [6.45, 7) is 1.70. The van der Waals surface area contributed by atoms with E-state index in [2.05, 4.69) is 4.99 Å². The van der Waals surface area contributed by atoms with Gasteiger partial charge in [0.1, 0.15) is 11.7 Å². The number of hydrogen-bond donors (Lipinski definition) is 1. The van der Waals surface area contributed by atoms with Gasteiger partial charge in [-0.3, -0.25) is 4.99 Å². The van der Waals surface area contributed by atoms with Crippen molar-refractivity contribution in [3.63, 3.8) is 0 Å². The van der Waals surface area contributed by atoms with Crippen LogP contribution in [0.1, 0.15) is 11.1 Å². The lowest BCUT2D eigenvalue weighted by Crippen LogP contribution is -2.13. The molecule has 12 heavy (non-hydrogen) atoms. The first-order valence-corrected chi connectivity index (χ1v) is 3.64. The van der Waals surface area contributed by atoms with Crippen molar-refractivity contribution in [2.75, 3.05) is 7.05 Å². The number of aryl methyl sites for hydroxylation is 1. The predicted octanol–water partition coefficient (Wildman–Crippen LogP) is 1.47. The minimum atomic E-state index is -0.220. The first-order chi connectivity index (χ1) is 5.65. The molecule has 1 aromatic rings. The van der Waals surface area contributed by atoms with Gasteiger partial charge in [0.25, 0.3) is 0 Å². The zero-order valence-electron chi connectivity index (χ0n) is 7.13. The Balaban J connectivity index is 3.13. The van der Waals surface area contributed by atoms with E-state index >= 15 is 0 Å². The lowest BCUT2D eigenvalue weighted by Gasteiger charge is -2.01. The highest BCUT2D eigenvalue weighted by Crippen LogP contribution is 2.08. The summed E-state index contributed by atoms with van der Waals surface area (Å²) in [5.74, 6) is 0.209. The van der Waals surface area contributed by atoms with Crippen LogP contribution in [-0.2, 0) is 0 Å². The molecule has 0 aromatic heterocycles. The Labute approximate surface area is 70.9 Å². The molecule has 0 heterocycles. The molecular formula is C9H11FN2. The highest BCUT2D eigenvalue weighted by molar-refractivity contribution is 5.97. The van der Waals surface area contributed by atoms with E-state index in [0.29, 0.717) is 11.4 Å². The Morgan fingerprint density at radius 1 is 1.50 bits per heavy atom. The molecule has 0 aliphatic rings. The van der Waals surface area contributed by atoms with E-state index < -0.39 is 0 Å². The van der Waals surface area contributed by atoms with Gasteiger partial charge in [0.2, 0.25) is 0 Å². The highest BCUT2D eigenvalue weighted by Gasteiger charge is 2.00. The van der Waals surface area contributed by atoms with Gasteiger partial charge < -0.3 is 5.73 Å². The van der Waals surface area contributed by atoms with Gasteiger partial charge in [-0.05, 0) is 30.7 Å². The van der Waals surface area contributed by atoms with Crippen LogP contribution in [-0.4, -0.2) is 12.9 Å². The molecule has 1 rings (SSSR count). The van der Waals surface area contributed by atoms with Crippen molar-refractivity contribution in [2.24, 2.45) is 10.7 Å². The summed E-state index contributed by atoms with van der Waals surface area (Å²) in [7, 11) is 1.61. The van der Waals surface area contributed by atoms with Crippen LogP contribution >= 0.6 is 0 Å². The van der Waals surface area contributed by atoms with Crippen LogP contribution in [0, 0.1) is 12.7 Å². The Morgan fingerprint density at radius 2 is 2.17 bits per heavy atom. The fraction of sp³-hybridized carbons (Fsp3) is 0.222. The molecule has 0 spiro atoms. The molecule has 64 valence electrons. The third-order valence-electron chi connectivity index (χ3n) is 1.69. The molecular weight excluding hydrogens is 155 g/mol. The summed E-state index contributed by atoms with van der Waals surface area (Å²) < 4.78 is 12.8. The molecule has 2 N–H and O–H groups in total. The summed E-state index contributed by atoms with van der Waals surface area (Å²) in [6.07, 6.45) is 0. The normalized spacial score (nSPS) is 11.8. The van der Waals surface area contributed by atoms with Crippen LogP contribution in [0.2, 0.25) is 0 Å².